The molecule has 0 bridgehead atoms. The summed E-state index contributed by atoms with van der Waals surface area (Å²) in [5.74, 6) is -0.996. The summed E-state index contributed by atoms with van der Waals surface area (Å²) in [6.07, 6.45) is 37.3. The van der Waals surface area contributed by atoms with E-state index in [0.717, 1.165) is 57.8 Å². The number of hydrogen-bond donors (Lipinski definition) is 5. The molecule has 0 aliphatic heterocycles. The van der Waals surface area contributed by atoms with Gasteiger partial charge in [-0.1, -0.05) is 173 Å². The van der Waals surface area contributed by atoms with Crippen LogP contribution in [-0.2, 0) is 46.3 Å². The predicted molar refractivity (Wildman–Crippen MR) is 252 cm³/mol. The van der Waals surface area contributed by atoms with Crippen molar-refractivity contribution in [1.29, 1.82) is 0 Å². The molecule has 0 amide bonds. The van der Waals surface area contributed by atoms with E-state index < -0.39 is 85.5 Å². The number of hydrogen-bond acceptors (Lipinski definition) is 13. The Morgan fingerprint density at radius 2 is 0.672 bits per heavy atom. The Morgan fingerprint density at radius 3 is 1.02 bits per heavy atom. The van der Waals surface area contributed by atoms with Crippen LogP contribution in [0.3, 0.4) is 0 Å². The lowest BCUT2D eigenvalue weighted by atomic mass is 10.0. The van der Waals surface area contributed by atoms with Gasteiger partial charge in [-0.3, -0.25) is 27.7 Å². The molecule has 17 heteroatoms. The van der Waals surface area contributed by atoms with E-state index in [4.69, 9.17) is 9.47 Å². The quantitative estimate of drug-likeness (QED) is 0.0165. The van der Waals surface area contributed by atoms with E-state index in [1.165, 1.54) is 109 Å². The summed E-state index contributed by atoms with van der Waals surface area (Å²) in [5, 5.41) is 30.0. The molecule has 0 heterocycles. The van der Waals surface area contributed by atoms with E-state index >= 15 is 0 Å². The zero-order valence-electron chi connectivity index (χ0n) is 39.7. The van der Waals surface area contributed by atoms with Gasteiger partial charge in [-0.05, 0) is 44.9 Å². The number of aliphatic hydroxyl groups is 3. The maximum absolute atomic E-state index is 12.2. The second-order valence-corrected chi connectivity index (χ2v) is 19.7. The van der Waals surface area contributed by atoms with Crippen LogP contribution in [0.25, 0.3) is 0 Å². The van der Waals surface area contributed by atoms with E-state index in [0.29, 0.717) is 12.8 Å². The van der Waals surface area contributed by atoms with Crippen molar-refractivity contribution < 1.29 is 71.4 Å². The summed E-state index contributed by atoms with van der Waals surface area (Å²) in [6.45, 7) is 0.415. The Labute approximate surface area is 386 Å². The number of unbranched alkanes of at least 4 members (excludes halogenated alkanes) is 24. The second kappa shape index (κ2) is 44.1. The molecule has 5 N–H and O–H groups in total. The van der Waals surface area contributed by atoms with Crippen molar-refractivity contribution in [3.8, 4) is 0 Å². The minimum absolute atomic E-state index is 0.189. The lowest BCUT2D eigenvalue weighted by Crippen LogP contribution is -2.25. The molecule has 5 atom stereocenters. The molecule has 0 aliphatic rings. The molecule has 5 unspecified atom stereocenters. The van der Waals surface area contributed by atoms with Gasteiger partial charge in [0.15, 0.2) is 0 Å². The Morgan fingerprint density at radius 1 is 0.406 bits per heavy atom. The van der Waals surface area contributed by atoms with Gasteiger partial charge in [0.2, 0.25) is 0 Å². The number of phosphoric acid groups is 2. The van der Waals surface area contributed by atoms with E-state index in [9.17, 15) is 43.8 Å². The number of carbonyl (C=O) groups is 2. The second-order valence-electron chi connectivity index (χ2n) is 16.8. The smallest absolute Gasteiger partial charge is 0.463 e. The number of aliphatic hydroxyl groups excluding tert-OH is 3. The number of rotatable bonds is 48. The third-order valence-corrected chi connectivity index (χ3v) is 12.3. The average molecular weight is 957 g/mol. The largest absolute Gasteiger partial charge is 0.472 e. The standard InChI is InChI=1S/C47H90O15P2/c1-3-5-7-9-11-13-15-17-19-20-22-24-26-28-30-32-34-36-47(52)58-38-44(49)40-60-64(55,56)62-42-45(50)41-61-63(53,54)59-39-43(48)37-57-46(51)35-33-31-29-27-25-23-21-18-16-14-12-10-8-6-4-2/h11,13,17,19,43-45,48-50H,3-10,12,14-16,18,20-42H2,1-2H3,(H,53,54)(H,55,56)/b13-11-,19-17-. The van der Waals surface area contributed by atoms with E-state index in [-0.39, 0.29) is 12.8 Å². The van der Waals surface area contributed by atoms with Gasteiger partial charge >= 0.3 is 27.6 Å². The molecule has 15 nitrogen and oxygen atoms in total. The van der Waals surface area contributed by atoms with Crippen LogP contribution in [0.15, 0.2) is 24.3 Å². The molecule has 0 aliphatic carbocycles. The molecule has 0 fully saturated rings. The minimum atomic E-state index is -4.78. The third kappa shape index (κ3) is 45.7. The van der Waals surface area contributed by atoms with Crippen molar-refractivity contribution >= 4 is 27.6 Å². The molecule has 0 aromatic heterocycles. The first kappa shape index (κ1) is 62.5. The van der Waals surface area contributed by atoms with Crippen LogP contribution in [0.2, 0.25) is 0 Å². The molecule has 0 saturated heterocycles. The van der Waals surface area contributed by atoms with Crippen LogP contribution in [-0.4, -0.2) is 95.0 Å². The van der Waals surface area contributed by atoms with Gasteiger partial charge in [0, 0.05) is 12.8 Å². The van der Waals surface area contributed by atoms with Crippen LogP contribution in [0.1, 0.15) is 206 Å². The number of esters is 2. The predicted octanol–water partition coefficient (Wildman–Crippen LogP) is 11.3. The third-order valence-electron chi connectivity index (χ3n) is 10.4. The highest BCUT2D eigenvalue weighted by Gasteiger charge is 2.28. The highest BCUT2D eigenvalue weighted by atomic mass is 31.2. The van der Waals surface area contributed by atoms with Crippen LogP contribution in [0.4, 0.5) is 0 Å². The zero-order valence-corrected chi connectivity index (χ0v) is 41.5. The van der Waals surface area contributed by atoms with Crippen LogP contribution < -0.4 is 0 Å². The fourth-order valence-corrected chi connectivity index (χ4v) is 8.13. The lowest BCUT2D eigenvalue weighted by Gasteiger charge is -2.19. The molecule has 0 radical (unpaired) electrons. The Kier molecular flexibility index (Phi) is 43.0. The van der Waals surface area contributed by atoms with Gasteiger partial charge in [-0.25, -0.2) is 9.13 Å². The number of phosphoric ester groups is 2. The lowest BCUT2D eigenvalue weighted by molar-refractivity contribution is -0.148. The van der Waals surface area contributed by atoms with Crippen molar-refractivity contribution in [3.63, 3.8) is 0 Å². The number of ether oxygens (including phenoxy) is 2. The number of allylic oxidation sites excluding steroid dienone is 4. The van der Waals surface area contributed by atoms with Crippen LogP contribution >= 0.6 is 15.6 Å². The van der Waals surface area contributed by atoms with Gasteiger partial charge in [-0.15, -0.1) is 0 Å². The summed E-state index contributed by atoms with van der Waals surface area (Å²) >= 11 is 0. The van der Waals surface area contributed by atoms with Crippen molar-refractivity contribution in [3.05, 3.63) is 24.3 Å². The normalized spacial score (nSPS) is 15.3. The highest BCUT2D eigenvalue weighted by Crippen LogP contribution is 2.45. The molecule has 0 aromatic carbocycles. The maximum atomic E-state index is 12.2. The Hall–Kier alpha value is -1.48. The molecule has 0 rings (SSSR count). The van der Waals surface area contributed by atoms with E-state index in [2.05, 4.69) is 56.2 Å². The first-order valence-electron chi connectivity index (χ1n) is 24.7. The monoisotopic (exact) mass is 957 g/mol. The average Bonchev–Trinajstić information content (AvgIpc) is 3.27. The van der Waals surface area contributed by atoms with E-state index in [1.807, 2.05) is 0 Å². The highest BCUT2D eigenvalue weighted by molar-refractivity contribution is 7.47. The number of carbonyl (C=O) groups excluding carboxylic acids is 2. The topological polar surface area (TPSA) is 225 Å². The SMILES string of the molecule is CCCCC/C=C\C/C=C\CCCCCCCCCC(=O)OCC(O)COP(=O)(O)OCC(O)COP(=O)(O)OCC(O)COC(=O)CCCCCCCCCCCCCCCCC. The first-order chi connectivity index (χ1) is 30.8. The molecule has 0 saturated carbocycles. The van der Waals surface area contributed by atoms with Gasteiger partial charge in [0.25, 0.3) is 0 Å². The summed E-state index contributed by atoms with van der Waals surface area (Å²) in [6, 6.07) is 0. The molecule has 64 heavy (non-hydrogen) atoms. The maximum Gasteiger partial charge on any atom is 0.472 e. The first-order valence-corrected chi connectivity index (χ1v) is 27.7. The van der Waals surface area contributed by atoms with Crippen LogP contribution in [0, 0.1) is 0 Å². The van der Waals surface area contributed by atoms with E-state index in [1.54, 1.807) is 0 Å². The Balaban J connectivity index is 3.87. The zero-order chi connectivity index (χ0) is 47.4. The molecular formula is C47H90O15P2. The summed E-state index contributed by atoms with van der Waals surface area (Å²) in [7, 11) is -9.57. The minimum Gasteiger partial charge on any atom is -0.463 e. The van der Waals surface area contributed by atoms with Crippen molar-refractivity contribution in [2.24, 2.45) is 0 Å². The Bertz CT molecular complexity index is 1250. The summed E-state index contributed by atoms with van der Waals surface area (Å²) in [4.78, 5) is 43.8. The van der Waals surface area contributed by atoms with Gasteiger partial charge in [0.1, 0.15) is 31.5 Å². The van der Waals surface area contributed by atoms with Gasteiger partial charge < -0.3 is 34.6 Å². The molecule has 0 aromatic rings. The van der Waals surface area contributed by atoms with Gasteiger partial charge in [-0.2, -0.15) is 0 Å². The molecular weight excluding hydrogens is 866 g/mol. The molecule has 378 valence electrons. The summed E-state index contributed by atoms with van der Waals surface area (Å²) < 4.78 is 53.0. The fourth-order valence-electron chi connectivity index (χ4n) is 6.54. The van der Waals surface area contributed by atoms with Crippen molar-refractivity contribution in [2.75, 3.05) is 39.6 Å². The van der Waals surface area contributed by atoms with Crippen molar-refractivity contribution in [1.82, 2.24) is 0 Å². The van der Waals surface area contributed by atoms with Crippen molar-refractivity contribution in [2.45, 2.75) is 225 Å². The van der Waals surface area contributed by atoms with Gasteiger partial charge in [0.05, 0.1) is 26.4 Å². The fraction of sp³-hybridized carbons (Fsp3) is 0.872. The van der Waals surface area contributed by atoms with Crippen LogP contribution in [0.5, 0.6) is 0 Å². The summed E-state index contributed by atoms with van der Waals surface area (Å²) in [5.41, 5.74) is 0. The molecule has 0 spiro atoms.